The van der Waals surface area contributed by atoms with E-state index in [1.165, 1.54) is 44.6 Å². The zero-order valence-corrected chi connectivity index (χ0v) is 21.8. The molecule has 2 aliphatic heterocycles. The van der Waals surface area contributed by atoms with Crippen LogP contribution < -0.4 is 10.2 Å². The van der Waals surface area contributed by atoms with Crippen LogP contribution in [0.1, 0.15) is 56.2 Å². The Bertz CT molecular complexity index is 1500. The van der Waals surface area contributed by atoms with Gasteiger partial charge in [-0.1, -0.05) is 48.5 Å². The highest BCUT2D eigenvalue weighted by Gasteiger charge is 2.22. The highest BCUT2D eigenvalue weighted by molar-refractivity contribution is 5.89. The molecule has 1 aromatic heterocycles. The number of aryl methyl sites for hydroxylation is 2. The minimum absolute atomic E-state index is 0.208. The van der Waals surface area contributed by atoms with Crippen molar-refractivity contribution in [1.29, 1.82) is 0 Å². The largest absolute Gasteiger partial charge is 0.478 e. The van der Waals surface area contributed by atoms with Crippen LogP contribution in [0.4, 0.5) is 5.69 Å². The third kappa shape index (κ3) is 4.82. The minimum atomic E-state index is -0.893. The molecule has 0 spiro atoms. The number of aromatic carboxylic acids is 1. The van der Waals surface area contributed by atoms with Crippen LogP contribution in [-0.2, 0) is 25.8 Å². The van der Waals surface area contributed by atoms with Gasteiger partial charge in [0.05, 0.1) is 5.56 Å². The quantitative estimate of drug-likeness (QED) is 0.331. The molecule has 0 amide bonds. The maximum Gasteiger partial charge on any atom is 0.336 e. The van der Waals surface area contributed by atoms with Crippen molar-refractivity contribution in [2.45, 2.75) is 45.2 Å². The van der Waals surface area contributed by atoms with Crippen molar-refractivity contribution in [1.82, 2.24) is 10.3 Å². The number of fused-ring (bicyclic) bond motifs is 2. The van der Waals surface area contributed by atoms with Gasteiger partial charge in [-0.25, -0.2) is 4.79 Å². The molecule has 0 aliphatic carbocycles. The second kappa shape index (κ2) is 10.4. The van der Waals surface area contributed by atoms with Crippen molar-refractivity contribution >= 4 is 11.7 Å². The molecule has 0 saturated carbocycles. The first-order chi connectivity index (χ1) is 18.6. The number of nitrogens with zero attached hydrogens (tertiary/aromatic N) is 2. The van der Waals surface area contributed by atoms with Crippen LogP contribution in [0.5, 0.6) is 0 Å². The zero-order valence-electron chi connectivity index (χ0n) is 21.8. The Balaban J connectivity index is 1.20. The highest BCUT2D eigenvalue weighted by Crippen LogP contribution is 2.34. The summed E-state index contributed by atoms with van der Waals surface area (Å²) in [6, 6.07) is 24.3. The van der Waals surface area contributed by atoms with Crippen molar-refractivity contribution < 1.29 is 9.90 Å². The smallest absolute Gasteiger partial charge is 0.336 e. The third-order valence-corrected chi connectivity index (χ3v) is 8.16. The van der Waals surface area contributed by atoms with E-state index in [2.05, 4.69) is 82.8 Å². The van der Waals surface area contributed by atoms with E-state index < -0.39 is 5.97 Å². The molecule has 2 aliphatic rings. The molecule has 6 rings (SSSR count). The Morgan fingerprint density at radius 1 is 1.03 bits per heavy atom. The van der Waals surface area contributed by atoms with E-state index in [0.29, 0.717) is 12.0 Å². The first kappa shape index (κ1) is 24.4. The van der Waals surface area contributed by atoms with E-state index in [1.54, 1.807) is 18.5 Å². The molecule has 0 fully saturated rings. The Morgan fingerprint density at radius 3 is 2.74 bits per heavy atom. The maximum absolute atomic E-state index is 11.6. The second-order valence-electron chi connectivity index (χ2n) is 10.5. The predicted molar refractivity (Wildman–Crippen MR) is 152 cm³/mol. The highest BCUT2D eigenvalue weighted by atomic mass is 16.4. The Kier molecular flexibility index (Phi) is 6.69. The molecule has 0 unspecified atom stereocenters. The molecule has 5 nitrogen and oxygen atoms in total. The Hall–Kier alpha value is -3.96. The van der Waals surface area contributed by atoms with Crippen molar-refractivity contribution in [2.24, 2.45) is 0 Å². The number of benzene rings is 3. The fourth-order valence-electron chi connectivity index (χ4n) is 6.10. The van der Waals surface area contributed by atoms with Crippen LogP contribution in [0.15, 0.2) is 79.1 Å². The summed E-state index contributed by atoms with van der Waals surface area (Å²) in [5.41, 5.74) is 11.9. The van der Waals surface area contributed by atoms with Gasteiger partial charge in [0.25, 0.3) is 0 Å². The maximum atomic E-state index is 11.6. The van der Waals surface area contributed by atoms with Gasteiger partial charge in [0, 0.05) is 37.2 Å². The van der Waals surface area contributed by atoms with Crippen molar-refractivity contribution in [2.75, 3.05) is 18.0 Å². The number of hydrogen-bond acceptors (Lipinski definition) is 4. The molecular weight excluding hydrogens is 470 g/mol. The molecule has 1 atom stereocenters. The number of carbonyl (C=O) groups is 1. The molecule has 4 aromatic rings. The molecule has 38 heavy (non-hydrogen) atoms. The molecule has 3 heterocycles. The monoisotopic (exact) mass is 503 g/mol. The normalized spacial score (nSPS) is 16.6. The summed E-state index contributed by atoms with van der Waals surface area (Å²) in [7, 11) is 0. The summed E-state index contributed by atoms with van der Waals surface area (Å²) in [5.74, 6) is -0.893. The first-order valence-corrected chi connectivity index (χ1v) is 13.5. The molecular formula is C33H33N3O2. The summed E-state index contributed by atoms with van der Waals surface area (Å²) >= 11 is 0. The third-order valence-electron chi connectivity index (χ3n) is 8.16. The van der Waals surface area contributed by atoms with Crippen LogP contribution in [0.3, 0.4) is 0 Å². The average Bonchev–Trinajstić information content (AvgIpc) is 2.95. The zero-order chi connectivity index (χ0) is 26.1. The van der Waals surface area contributed by atoms with Gasteiger partial charge in [-0.15, -0.1) is 0 Å². The number of anilines is 1. The number of aromatic nitrogens is 1. The SMILES string of the molecule is Cc1cc(N2CCc3ccccc3C2)ccc1-c1ccc2c(c1)CCN[C@H]2CCc1cnccc1C(=O)O. The van der Waals surface area contributed by atoms with Crippen molar-refractivity contribution in [3.8, 4) is 11.1 Å². The lowest BCUT2D eigenvalue weighted by atomic mass is 9.87. The van der Waals surface area contributed by atoms with Gasteiger partial charge >= 0.3 is 5.97 Å². The van der Waals surface area contributed by atoms with Gasteiger partial charge in [0.1, 0.15) is 0 Å². The van der Waals surface area contributed by atoms with Gasteiger partial charge in [0.2, 0.25) is 0 Å². The van der Waals surface area contributed by atoms with E-state index in [4.69, 9.17) is 0 Å². The molecule has 192 valence electrons. The number of pyridine rings is 1. The lowest BCUT2D eigenvalue weighted by molar-refractivity contribution is 0.0695. The number of nitrogens with one attached hydrogen (secondary N) is 1. The molecule has 5 heteroatoms. The molecule has 2 N–H and O–H groups in total. The van der Waals surface area contributed by atoms with Gasteiger partial charge < -0.3 is 15.3 Å². The minimum Gasteiger partial charge on any atom is -0.478 e. The van der Waals surface area contributed by atoms with Crippen molar-refractivity contribution in [3.63, 3.8) is 0 Å². The second-order valence-corrected chi connectivity index (χ2v) is 10.5. The van der Waals surface area contributed by atoms with Gasteiger partial charge in [-0.2, -0.15) is 0 Å². The van der Waals surface area contributed by atoms with Gasteiger partial charge in [0.15, 0.2) is 0 Å². The standard InChI is InChI=1S/C33H33N3O2/c1-22-18-28(36-17-14-23-4-2-3-5-27(23)21-36)8-10-29(22)24-6-9-30-25(19-24)12-16-35-32(30)11-7-26-20-34-15-13-31(26)33(37)38/h2-6,8-10,13,15,18-20,32,35H,7,11-12,14,16-17,21H2,1H3,(H,37,38)/t32-/m0/s1. The number of rotatable bonds is 6. The van der Waals surface area contributed by atoms with E-state index >= 15 is 0 Å². The summed E-state index contributed by atoms with van der Waals surface area (Å²) in [6.45, 7) is 5.16. The fraction of sp³-hybridized carbons (Fsp3) is 0.273. The Morgan fingerprint density at radius 2 is 1.89 bits per heavy atom. The number of carboxylic acid groups (broad SMARTS) is 1. The van der Waals surface area contributed by atoms with Crippen LogP contribution >= 0.6 is 0 Å². The topological polar surface area (TPSA) is 65.5 Å². The molecule has 0 bridgehead atoms. The van der Waals surface area contributed by atoms with E-state index in [9.17, 15) is 9.90 Å². The summed E-state index contributed by atoms with van der Waals surface area (Å²) in [4.78, 5) is 18.2. The van der Waals surface area contributed by atoms with Crippen LogP contribution in [0.25, 0.3) is 11.1 Å². The first-order valence-electron chi connectivity index (χ1n) is 13.5. The molecule has 3 aromatic carbocycles. The summed E-state index contributed by atoms with van der Waals surface area (Å²) in [6.07, 6.45) is 6.83. The van der Waals surface area contributed by atoms with Crippen molar-refractivity contribution in [3.05, 3.63) is 118 Å². The average molecular weight is 504 g/mol. The van der Waals surface area contributed by atoms with Crippen LogP contribution in [0, 0.1) is 6.92 Å². The van der Waals surface area contributed by atoms with Crippen LogP contribution in [0.2, 0.25) is 0 Å². The van der Waals surface area contributed by atoms with E-state index in [0.717, 1.165) is 44.5 Å². The predicted octanol–water partition coefficient (Wildman–Crippen LogP) is 6.14. The van der Waals surface area contributed by atoms with Gasteiger partial charge in [-0.3, -0.25) is 4.98 Å². The molecule has 0 saturated heterocycles. The van der Waals surface area contributed by atoms with E-state index in [-0.39, 0.29) is 6.04 Å². The van der Waals surface area contributed by atoms with Crippen LogP contribution in [-0.4, -0.2) is 29.1 Å². The van der Waals surface area contributed by atoms with Gasteiger partial charge in [-0.05, 0) is 102 Å². The Labute approximate surface area is 224 Å². The fourth-order valence-corrected chi connectivity index (χ4v) is 6.10. The summed E-state index contributed by atoms with van der Waals surface area (Å²) in [5, 5.41) is 13.1. The molecule has 0 radical (unpaired) electrons. The summed E-state index contributed by atoms with van der Waals surface area (Å²) < 4.78 is 0. The van der Waals surface area contributed by atoms with E-state index in [1.807, 2.05) is 0 Å². The lowest BCUT2D eigenvalue weighted by Crippen LogP contribution is -2.30. The number of carboxylic acids is 1. The lowest BCUT2D eigenvalue weighted by Gasteiger charge is -2.31. The number of hydrogen-bond donors (Lipinski definition) is 2.